The number of rotatable bonds is 14. The van der Waals surface area contributed by atoms with Crippen LogP contribution in [0.2, 0.25) is 0 Å². The summed E-state index contributed by atoms with van der Waals surface area (Å²) in [6.45, 7) is 7.11. The van der Waals surface area contributed by atoms with Crippen LogP contribution in [-0.2, 0) is 25.7 Å². The first kappa shape index (κ1) is 30.2. The van der Waals surface area contributed by atoms with Crippen LogP contribution >= 0.6 is 0 Å². The molecule has 196 valence electrons. The molecule has 0 aliphatic heterocycles. The number of aromatic nitrogens is 1. The number of carbonyl (C=O) groups excluding carboxylic acids is 2. The number of ketones is 2. The van der Waals surface area contributed by atoms with Gasteiger partial charge in [0.25, 0.3) is 0 Å². The molecule has 0 aliphatic carbocycles. The number of hydrogen-bond donors (Lipinski definition) is 4. The third kappa shape index (κ3) is 9.80. The lowest BCUT2D eigenvalue weighted by Gasteiger charge is -2.18. The van der Waals surface area contributed by atoms with Gasteiger partial charge in [-0.3, -0.25) is 19.2 Å². The molecule has 1 aromatic heterocycles. The van der Waals surface area contributed by atoms with E-state index in [0.717, 1.165) is 19.6 Å². The molecule has 0 unspecified atom stereocenters. The molecule has 2 aromatic rings. The molecular weight excluding hydrogens is 472 g/mol. The Bertz CT molecular complexity index is 1030. The van der Waals surface area contributed by atoms with Crippen LogP contribution < -0.4 is 0 Å². The summed E-state index contributed by atoms with van der Waals surface area (Å²) in [5.41, 5.74) is -1.53. The molecule has 36 heavy (non-hydrogen) atoms. The fourth-order valence-electron chi connectivity index (χ4n) is 3.30. The topological polar surface area (TPSA) is 174 Å². The van der Waals surface area contributed by atoms with Gasteiger partial charge in [0.1, 0.15) is 0 Å². The van der Waals surface area contributed by atoms with Gasteiger partial charge in [-0.25, -0.2) is 4.79 Å². The molecule has 4 N–H and O–H groups in total. The van der Waals surface area contributed by atoms with Gasteiger partial charge in [-0.2, -0.15) is 0 Å². The number of carboxylic acids is 3. The van der Waals surface area contributed by atoms with Gasteiger partial charge in [0.2, 0.25) is 5.78 Å². The van der Waals surface area contributed by atoms with E-state index in [1.807, 2.05) is 24.3 Å². The van der Waals surface area contributed by atoms with Crippen LogP contribution in [0.3, 0.4) is 0 Å². The Balaban J connectivity index is 0.000000426. The average molecular weight is 505 g/mol. The predicted molar refractivity (Wildman–Crippen MR) is 129 cm³/mol. The molecule has 0 spiro atoms. The zero-order valence-electron chi connectivity index (χ0n) is 20.3. The highest BCUT2D eigenvalue weighted by Crippen LogP contribution is 2.16. The molecular formula is C25H32N2O9. The molecule has 0 bridgehead atoms. The third-order valence-corrected chi connectivity index (χ3v) is 5.33. The minimum atomic E-state index is -2.74. The quantitative estimate of drug-likeness (QED) is 0.278. The maximum Gasteiger partial charge on any atom is 0.336 e. The number of carbonyl (C=O) groups is 5. The Morgan fingerprint density at radius 3 is 1.89 bits per heavy atom. The van der Waals surface area contributed by atoms with Crippen molar-refractivity contribution < 1.29 is 44.4 Å². The van der Waals surface area contributed by atoms with Crippen LogP contribution in [0.25, 0.3) is 0 Å². The second-order valence-electron chi connectivity index (χ2n) is 8.01. The maximum absolute atomic E-state index is 12.5. The highest BCUT2D eigenvalue weighted by Gasteiger charge is 2.40. The monoisotopic (exact) mass is 504 g/mol. The zero-order chi connectivity index (χ0) is 27.3. The fraction of sp³-hybridized carbons (Fsp3) is 0.400. The van der Waals surface area contributed by atoms with E-state index in [1.165, 1.54) is 0 Å². The van der Waals surface area contributed by atoms with Gasteiger partial charge < -0.3 is 29.9 Å². The molecule has 0 amide bonds. The van der Waals surface area contributed by atoms with Gasteiger partial charge >= 0.3 is 17.9 Å². The van der Waals surface area contributed by atoms with E-state index >= 15 is 0 Å². The first-order valence-electron chi connectivity index (χ1n) is 11.3. The van der Waals surface area contributed by atoms with E-state index in [0.29, 0.717) is 17.7 Å². The van der Waals surface area contributed by atoms with Crippen LogP contribution in [0.15, 0.2) is 48.7 Å². The van der Waals surface area contributed by atoms with Gasteiger partial charge in [-0.15, -0.1) is 0 Å². The Labute approximate surface area is 208 Å². The molecule has 0 radical (unpaired) electrons. The Morgan fingerprint density at radius 1 is 0.861 bits per heavy atom. The van der Waals surface area contributed by atoms with Gasteiger partial charge in [0.05, 0.1) is 25.1 Å². The van der Waals surface area contributed by atoms with Crippen molar-refractivity contribution in [1.29, 1.82) is 0 Å². The second kappa shape index (κ2) is 14.5. The molecule has 0 aliphatic rings. The summed E-state index contributed by atoms with van der Waals surface area (Å²) in [6, 6.07) is 12.7. The minimum Gasteiger partial charge on any atom is -0.481 e. The lowest BCUT2D eigenvalue weighted by Crippen LogP contribution is -2.42. The lowest BCUT2D eigenvalue weighted by atomic mass is 9.96. The fourth-order valence-corrected chi connectivity index (χ4v) is 3.30. The molecule has 0 saturated carbocycles. The van der Waals surface area contributed by atoms with E-state index in [9.17, 15) is 24.0 Å². The number of carboxylic acid groups (broad SMARTS) is 3. The van der Waals surface area contributed by atoms with Gasteiger partial charge in [0, 0.05) is 24.7 Å². The van der Waals surface area contributed by atoms with Crippen LogP contribution in [0.5, 0.6) is 0 Å². The second-order valence-corrected chi connectivity index (χ2v) is 8.01. The Morgan fingerprint density at radius 2 is 1.42 bits per heavy atom. The van der Waals surface area contributed by atoms with Crippen molar-refractivity contribution in [3.8, 4) is 0 Å². The molecule has 11 heteroatoms. The van der Waals surface area contributed by atoms with Crippen LogP contribution in [-0.4, -0.2) is 84.6 Å². The Hall–Kier alpha value is -3.83. The van der Waals surface area contributed by atoms with Crippen molar-refractivity contribution in [2.45, 2.75) is 45.3 Å². The molecule has 0 fully saturated rings. The number of nitrogens with zero attached hydrogens (tertiary/aromatic N) is 2. The summed E-state index contributed by atoms with van der Waals surface area (Å²) in [5.74, 6) is -4.92. The highest BCUT2D eigenvalue weighted by atomic mass is 16.4. The van der Waals surface area contributed by atoms with Crippen LogP contribution in [0.1, 0.15) is 49.2 Å². The maximum atomic E-state index is 12.5. The highest BCUT2D eigenvalue weighted by molar-refractivity contribution is 6.08. The summed E-state index contributed by atoms with van der Waals surface area (Å²) in [5, 5.41) is 33.8. The zero-order valence-corrected chi connectivity index (χ0v) is 20.3. The van der Waals surface area contributed by atoms with Crippen LogP contribution in [0, 0.1) is 0 Å². The summed E-state index contributed by atoms with van der Waals surface area (Å²) >= 11 is 0. The molecule has 11 nitrogen and oxygen atoms in total. The normalized spacial score (nSPS) is 10.9. The molecule has 1 aromatic carbocycles. The first-order valence-corrected chi connectivity index (χ1v) is 11.3. The number of benzene rings is 1. The standard InChI is InChI=1S/C19H24N2O2.C6H8O7/c1-3-20(4-2)14-12-17(22)15-21-13-8-11-18(21)19(23)16-9-6-5-7-10-16;7-3(8)1-6(13,5(11)12)2-4(9)10/h5-11,13H,3-4,12,14-15H2,1-2H3;13H,1-2H2,(H,7,8)(H,9,10)(H,11,12). The average Bonchev–Trinajstić information content (AvgIpc) is 3.27. The van der Waals surface area contributed by atoms with E-state index < -0.39 is 36.4 Å². The molecule has 0 atom stereocenters. The molecule has 0 saturated heterocycles. The lowest BCUT2D eigenvalue weighted by molar-refractivity contribution is -0.170. The summed E-state index contributed by atoms with van der Waals surface area (Å²) < 4.78 is 1.75. The number of Topliss-reactive ketones (excluding diaryl/α,β-unsaturated/α-hetero) is 1. The van der Waals surface area contributed by atoms with Crippen LogP contribution in [0.4, 0.5) is 0 Å². The predicted octanol–water partition coefficient (Wildman–Crippen LogP) is 1.77. The van der Waals surface area contributed by atoms with E-state index in [2.05, 4.69) is 18.7 Å². The Kier molecular flexibility index (Phi) is 12.2. The van der Waals surface area contributed by atoms with Crippen molar-refractivity contribution in [2.75, 3.05) is 19.6 Å². The van der Waals surface area contributed by atoms with Gasteiger partial charge in [-0.05, 0) is 25.2 Å². The van der Waals surface area contributed by atoms with Crippen molar-refractivity contribution in [3.05, 3.63) is 59.9 Å². The first-order chi connectivity index (χ1) is 16.9. The van der Waals surface area contributed by atoms with Crippen molar-refractivity contribution in [3.63, 3.8) is 0 Å². The number of aliphatic hydroxyl groups is 1. The van der Waals surface area contributed by atoms with E-state index in [-0.39, 0.29) is 18.1 Å². The largest absolute Gasteiger partial charge is 0.481 e. The molecule has 2 rings (SSSR count). The number of hydrogen-bond acceptors (Lipinski definition) is 7. The number of aliphatic carboxylic acids is 3. The summed E-state index contributed by atoms with van der Waals surface area (Å²) in [7, 11) is 0. The van der Waals surface area contributed by atoms with Gasteiger partial charge in [-0.1, -0.05) is 44.2 Å². The molecule has 1 heterocycles. The van der Waals surface area contributed by atoms with E-state index in [1.54, 1.807) is 29.0 Å². The van der Waals surface area contributed by atoms with Crippen molar-refractivity contribution in [2.24, 2.45) is 0 Å². The smallest absolute Gasteiger partial charge is 0.336 e. The minimum absolute atomic E-state index is 0.0489. The summed E-state index contributed by atoms with van der Waals surface area (Å²) in [4.78, 5) is 57.4. The van der Waals surface area contributed by atoms with Crippen molar-refractivity contribution >= 4 is 29.5 Å². The SMILES string of the molecule is CCN(CC)CCC(=O)Cn1cccc1C(=O)c1ccccc1.O=C(O)CC(O)(CC(=O)O)C(=O)O. The van der Waals surface area contributed by atoms with Gasteiger partial charge in [0.15, 0.2) is 11.4 Å². The van der Waals surface area contributed by atoms with E-state index in [4.69, 9.17) is 20.4 Å². The third-order valence-electron chi connectivity index (χ3n) is 5.33. The van der Waals surface area contributed by atoms with Crippen molar-refractivity contribution in [1.82, 2.24) is 9.47 Å². The summed E-state index contributed by atoms with van der Waals surface area (Å²) in [6.07, 6.45) is 0.0214.